The number of hydrogen-bond acceptors (Lipinski definition) is 4. The van der Waals surface area contributed by atoms with Crippen molar-refractivity contribution in [3.63, 3.8) is 0 Å². The van der Waals surface area contributed by atoms with E-state index in [1.165, 1.54) is 0 Å². The molecule has 25 heavy (non-hydrogen) atoms. The van der Waals surface area contributed by atoms with Crippen molar-refractivity contribution < 1.29 is 4.79 Å². The van der Waals surface area contributed by atoms with E-state index in [-0.39, 0.29) is 12.1 Å². The molecule has 0 fully saturated rings. The van der Waals surface area contributed by atoms with Crippen molar-refractivity contribution in [1.82, 2.24) is 35.0 Å². The smallest absolute Gasteiger partial charge is 0.315 e. The third-order valence-electron chi connectivity index (χ3n) is 4.01. The number of aryl methyl sites for hydroxylation is 3. The molecule has 0 radical (unpaired) electrons. The molecule has 1 atom stereocenters. The lowest BCUT2D eigenvalue weighted by Gasteiger charge is -2.13. The molecule has 0 bridgehead atoms. The van der Waals surface area contributed by atoms with E-state index in [0.717, 1.165) is 30.0 Å². The third kappa shape index (κ3) is 3.96. The maximum absolute atomic E-state index is 12.1. The molecule has 3 aromatic rings. The lowest BCUT2D eigenvalue weighted by atomic mass is 10.3. The zero-order valence-corrected chi connectivity index (χ0v) is 14.7. The maximum Gasteiger partial charge on any atom is 0.315 e. The van der Waals surface area contributed by atoms with E-state index in [2.05, 4.69) is 25.9 Å². The van der Waals surface area contributed by atoms with Crippen LogP contribution in [0.5, 0.6) is 0 Å². The fraction of sp³-hybridized carbons (Fsp3) is 0.412. The van der Waals surface area contributed by atoms with Crippen molar-refractivity contribution in [3.05, 3.63) is 47.7 Å². The van der Waals surface area contributed by atoms with Crippen LogP contribution in [-0.2, 0) is 6.54 Å². The largest absolute Gasteiger partial charge is 0.338 e. The van der Waals surface area contributed by atoms with E-state index in [9.17, 15) is 4.79 Å². The predicted molar refractivity (Wildman–Crippen MR) is 94.3 cm³/mol. The van der Waals surface area contributed by atoms with Gasteiger partial charge in [0.15, 0.2) is 11.5 Å². The molecular weight excluding hydrogens is 318 g/mol. The molecule has 1 unspecified atom stereocenters. The Morgan fingerprint density at radius 1 is 1.28 bits per heavy atom. The van der Waals surface area contributed by atoms with E-state index >= 15 is 0 Å². The van der Waals surface area contributed by atoms with Crippen molar-refractivity contribution in [2.75, 3.05) is 6.54 Å². The summed E-state index contributed by atoms with van der Waals surface area (Å²) in [6, 6.07) is 7.28. The molecule has 3 rings (SSSR count). The number of rotatable bonds is 6. The summed E-state index contributed by atoms with van der Waals surface area (Å²) in [6.07, 6.45) is 2.70. The molecule has 0 aliphatic rings. The van der Waals surface area contributed by atoms with E-state index in [1.807, 2.05) is 60.3 Å². The molecule has 8 heteroatoms. The summed E-state index contributed by atoms with van der Waals surface area (Å²) in [7, 11) is 0. The molecule has 0 aliphatic heterocycles. The molecule has 132 valence electrons. The van der Waals surface area contributed by atoms with Crippen molar-refractivity contribution >= 4 is 11.7 Å². The number of nitrogens with one attached hydrogen (secondary N) is 2. The summed E-state index contributed by atoms with van der Waals surface area (Å²) >= 11 is 0. The van der Waals surface area contributed by atoms with E-state index < -0.39 is 0 Å². The number of urea groups is 1. The van der Waals surface area contributed by atoms with Gasteiger partial charge in [0.2, 0.25) is 0 Å². The van der Waals surface area contributed by atoms with Gasteiger partial charge in [0, 0.05) is 25.0 Å². The van der Waals surface area contributed by atoms with Crippen LogP contribution >= 0.6 is 0 Å². The monoisotopic (exact) mass is 341 g/mol. The Balaban J connectivity index is 1.46. The molecule has 0 saturated heterocycles. The molecule has 0 aromatic carbocycles. The molecule has 3 aromatic heterocycles. The molecule has 8 nitrogen and oxygen atoms in total. The second-order valence-electron chi connectivity index (χ2n) is 6.11. The zero-order chi connectivity index (χ0) is 17.8. The predicted octanol–water partition coefficient (Wildman–Crippen LogP) is 1.99. The zero-order valence-electron chi connectivity index (χ0n) is 14.7. The summed E-state index contributed by atoms with van der Waals surface area (Å²) in [5, 5.41) is 18.4. The van der Waals surface area contributed by atoms with Gasteiger partial charge in [-0.25, -0.2) is 4.79 Å². The lowest BCUT2D eigenvalue weighted by Crippen LogP contribution is -2.38. The van der Waals surface area contributed by atoms with Crippen molar-refractivity contribution in [3.8, 4) is 0 Å². The number of carbonyl (C=O) groups excluding carboxylic acids is 1. The number of nitrogens with zero attached hydrogens (tertiary/aromatic N) is 5. The first-order valence-electron chi connectivity index (χ1n) is 8.39. The van der Waals surface area contributed by atoms with Gasteiger partial charge in [-0.3, -0.25) is 9.08 Å². The minimum atomic E-state index is -0.242. The van der Waals surface area contributed by atoms with Gasteiger partial charge in [-0.1, -0.05) is 6.07 Å². The lowest BCUT2D eigenvalue weighted by molar-refractivity contribution is 0.237. The van der Waals surface area contributed by atoms with Crippen molar-refractivity contribution in [2.45, 2.75) is 39.8 Å². The first-order chi connectivity index (χ1) is 12.0. The number of pyridine rings is 1. The summed E-state index contributed by atoms with van der Waals surface area (Å²) in [5.41, 5.74) is 2.91. The summed E-state index contributed by atoms with van der Waals surface area (Å²) in [4.78, 5) is 12.1. The van der Waals surface area contributed by atoms with Crippen molar-refractivity contribution in [2.24, 2.45) is 0 Å². The number of carbonyl (C=O) groups is 1. The van der Waals surface area contributed by atoms with Gasteiger partial charge in [-0.2, -0.15) is 5.10 Å². The summed E-state index contributed by atoms with van der Waals surface area (Å²) in [5.74, 6) is 0.702. The Bertz CT molecular complexity index is 867. The van der Waals surface area contributed by atoms with Gasteiger partial charge < -0.3 is 10.6 Å². The molecular formula is C17H23N7O. The van der Waals surface area contributed by atoms with Crippen LogP contribution in [0.3, 0.4) is 0 Å². The maximum atomic E-state index is 12.1. The highest BCUT2D eigenvalue weighted by molar-refractivity contribution is 5.74. The van der Waals surface area contributed by atoms with Gasteiger partial charge in [0.25, 0.3) is 0 Å². The average Bonchev–Trinajstić information content (AvgIpc) is 3.14. The molecule has 2 N–H and O–H groups in total. The second kappa shape index (κ2) is 7.33. The Kier molecular flexibility index (Phi) is 4.97. The highest BCUT2D eigenvalue weighted by Crippen LogP contribution is 2.11. The normalized spacial score (nSPS) is 12.3. The van der Waals surface area contributed by atoms with Crippen molar-refractivity contribution in [1.29, 1.82) is 0 Å². The number of amides is 2. The molecule has 0 saturated carbocycles. The first-order valence-corrected chi connectivity index (χ1v) is 8.39. The van der Waals surface area contributed by atoms with Gasteiger partial charge in [-0.05, 0) is 45.4 Å². The molecule has 3 heterocycles. The fourth-order valence-electron chi connectivity index (χ4n) is 2.80. The fourth-order valence-corrected chi connectivity index (χ4v) is 2.80. The number of aromatic nitrogens is 5. The minimum Gasteiger partial charge on any atom is -0.338 e. The van der Waals surface area contributed by atoms with Gasteiger partial charge in [0.05, 0.1) is 11.7 Å². The Morgan fingerprint density at radius 2 is 2.12 bits per heavy atom. The minimum absolute atomic E-state index is 0.214. The van der Waals surface area contributed by atoms with Crippen LogP contribution in [0.15, 0.2) is 30.5 Å². The Morgan fingerprint density at radius 3 is 2.88 bits per heavy atom. The molecule has 2 amide bonds. The third-order valence-corrected chi connectivity index (χ3v) is 4.01. The highest BCUT2D eigenvalue weighted by atomic mass is 16.2. The van der Waals surface area contributed by atoms with Crippen LogP contribution in [0.25, 0.3) is 5.65 Å². The quantitative estimate of drug-likeness (QED) is 0.671. The SMILES string of the molecule is Cc1cc(C)n(CCCNC(=O)NC(C)c2nnc3ccccn23)n1. The second-order valence-corrected chi connectivity index (χ2v) is 6.11. The summed E-state index contributed by atoms with van der Waals surface area (Å²) in [6.45, 7) is 7.26. The first kappa shape index (κ1) is 16.9. The van der Waals surface area contributed by atoms with Gasteiger partial charge in [0.1, 0.15) is 0 Å². The van der Waals surface area contributed by atoms with Crippen LogP contribution in [0.4, 0.5) is 4.79 Å². The molecule has 0 aliphatic carbocycles. The van der Waals surface area contributed by atoms with Gasteiger partial charge >= 0.3 is 6.03 Å². The van der Waals surface area contributed by atoms with Crippen LogP contribution in [-0.4, -0.2) is 37.0 Å². The van der Waals surface area contributed by atoms with Crippen LogP contribution in [0, 0.1) is 13.8 Å². The molecule has 0 spiro atoms. The van der Waals surface area contributed by atoms with E-state index in [0.29, 0.717) is 12.4 Å². The van der Waals surface area contributed by atoms with Crippen LogP contribution in [0.1, 0.15) is 36.6 Å². The van der Waals surface area contributed by atoms with Crippen LogP contribution in [0.2, 0.25) is 0 Å². The highest BCUT2D eigenvalue weighted by Gasteiger charge is 2.15. The van der Waals surface area contributed by atoms with Crippen LogP contribution < -0.4 is 10.6 Å². The number of fused-ring (bicyclic) bond motifs is 1. The summed E-state index contributed by atoms with van der Waals surface area (Å²) < 4.78 is 3.83. The van der Waals surface area contributed by atoms with E-state index in [4.69, 9.17) is 0 Å². The van der Waals surface area contributed by atoms with Gasteiger partial charge in [-0.15, -0.1) is 10.2 Å². The standard InChI is InChI=1S/C17H23N7O/c1-12-11-13(2)24(22-12)10-6-8-18-17(25)19-14(3)16-21-20-15-7-4-5-9-23(15)16/h4-5,7,9,11,14H,6,8,10H2,1-3H3,(H2,18,19,25). The average molecular weight is 341 g/mol. The number of hydrogen-bond donors (Lipinski definition) is 2. The Labute approximate surface area is 146 Å². The van der Waals surface area contributed by atoms with E-state index in [1.54, 1.807) is 0 Å². The topological polar surface area (TPSA) is 89.1 Å². The Hall–Kier alpha value is -2.90.